The Morgan fingerprint density at radius 1 is 1.48 bits per heavy atom. The van der Waals surface area contributed by atoms with Gasteiger partial charge in [-0.2, -0.15) is 19.6 Å². The molecule has 2 aromatic heterocycles. The molecule has 1 saturated heterocycles. The third kappa shape index (κ3) is 2.03. The predicted octanol–water partition coefficient (Wildman–Crippen LogP) is -0.226. The summed E-state index contributed by atoms with van der Waals surface area (Å²) in [6, 6.07) is 1.48. The van der Waals surface area contributed by atoms with Gasteiger partial charge < -0.3 is 20.7 Å². The van der Waals surface area contributed by atoms with Crippen LogP contribution >= 0.6 is 0 Å². The molecule has 4 N–H and O–H groups in total. The van der Waals surface area contributed by atoms with Crippen LogP contribution in [-0.4, -0.2) is 49.2 Å². The van der Waals surface area contributed by atoms with Crippen molar-refractivity contribution in [1.29, 1.82) is 5.26 Å². The number of nitriles is 1. The van der Waals surface area contributed by atoms with Gasteiger partial charge in [0.05, 0.1) is 12.0 Å². The second-order valence-corrected chi connectivity index (χ2v) is 5.02. The molecule has 11 heteroatoms. The second-order valence-electron chi connectivity index (χ2n) is 5.02. The molecule has 0 spiro atoms. The summed E-state index contributed by atoms with van der Waals surface area (Å²) in [7, 11) is 0. The molecule has 0 aromatic carbocycles. The molecule has 0 radical (unpaired) electrons. The fraction of sp³-hybridized carbons (Fsp3) is 0.417. The molecule has 8 nitrogen and oxygen atoms in total. The Balaban J connectivity index is 2.17. The summed E-state index contributed by atoms with van der Waals surface area (Å²) in [5, 5.41) is 27.7. The van der Waals surface area contributed by atoms with Gasteiger partial charge in [0.1, 0.15) is 18.0 Å². The Bertz CT molecular complexity index is 822. The number of nitrogen functional groups attached to an aromatic ring is 1. The van der Waals surface area contributed by atoms with Gasteiger partial charge in [-0.3, -0.25) is 4.57 Å². The fourth-order valence-electron chi connectivity index (χ4n) is 2.53. The fourth-order valence-corrected chi connectivity index (χ4v) is 2.53. The van der Waals surface area contributed by atoms with Gasteiger partial charge in [0, 0.05) is 6.20 Å². The molecule has 1 aliphatic heterocycles. The van der Waals surface area contributed by atoms with Crippen LogP contribution in [0.3, 0.4) is 0 Å². The number of hydrogen-bond donors (Lipinski definition) is 3. The summed E-state index contributed by atoms with van der Waals surface area (Å²) in [5.74, 6) is -1.45. The number of aliphatic hydroxyl groups is 2. The average molecular weight is 329 g/mol. The Hall–Kier alpha value is -2.42. The van der Waals surface area contributed by atoms with Crippen LogP contribution in [0.25, 0.3) is 11.0 Å². The van der Waals surface area contributed by atoms with E-state index in [1.165, 1.54) is 6.07 Å². The van der Waals surface area contributed by atoms with Gasteiger partial charge in [-0.25, -0.2) is 8.78 Å². The first-order valence-electron chi connectivity index (χ1n) is 6.35. The molecule has 0 aliphatic carbocycles. The van der Waals surface area contributed by atoms with Crippen molar-refractivity contribution in [1.82, 2.24) is 14.5 Å². The van der Waals surface area contributed by atoms with Crippen molar-refractivity contribution >= 4 is 16.9 Å². The van der Waals surface area contributed by atoms with Crippen molar-refractivity contribution in [2.45, 2.75) is 24.1 Å². The molecule has 3 rings (SSSR count). The average Bonchev–Trinajstić information content (AvgIpc) is 2.96. The summed E-state index contributed by atoms with van der Waals surface area (Å²) in [4.78, 5) is 6.52. The Labute approximate surface area is 126 Å². The number of aromatic nitrogens is 3. The van der Waals surface area contributed by atoms with Crippen LogP contribution in [0.2, 0.25) is 0 Å². The summed E-state index contributed by atoms with van der Waals surface area (Å²) >= 11 is 0. The zero-order valence-electron chi connectivity index (χ0n) is 11.3. The molecule has 23 heavy (non-hydrogen) atoms. The highest BCUT2D eigenvalue weighted by Gasteiger charge is 2.56. The van der Waals surface area contributed by atoms with E-state index >= 15 is 0 Å². The van der Waals surface area contributed by atoms with E-state index in [2.05, 4.69) is 9.97 Å². The lowest BCUT2D eigenvalue weighted by molar-refractivity contribution is -0.0912. The van der Waals surface area contributed by atoms with Crippen LogP contribution < -0.4 is 5.73 Å². The minimum Gasteiger partial charge on any atom is -0.392 e. The van der Waals surface area contributed by atoms with Gasteiger partial charge in [-0.05, 0) is 0 Å². The molecule has 0 saturated carbocycles. The van der Waals surface area contributed by atoms with Crippen molar-refractivity contribution in [3.05, 3.63) is 18.1 Å². The number of fused-ring (bicyclic) bond motifs is 1. The van der Waals surface area contributed by atoms with E-state index in [0.29, 0.717) is 0 Å². The minimum absolute atomic E-state index is 0.352. The number of hydrogen-bond acceptors (Lipinski definition) is 7. The van der Waals surface area contributed by atoms with E-state index in [1.54, 1.807) is 0 Å². The summed E-state index contributed by atoms with van der Waals surface area (Å²) in [6.45, 7) is -0.991. The molecule has 0 amide bonds. The third-order valence-electron chi connectivity index (χ3n) is 3.71. The van der Waals surface area contributed by atoms with Gasteiger partial charge in [0.2, 0.25) is 5.60 Å². The molecular formula is C12H10F3N5O3. The Morgan fingerprint density at radius 3 is 2.74 bits per heavy atom. The zero-order chi connectivity index (χ0) is 16.9. The van der Waals surface area contributed by atoms with E-state index in [0.717, 1.165) is 10.8 Å². The van der Waals surface area contributed by atoms with E-state index < -0.39 is 54.1 Å². The van der Waals surface area contributed by atoms with Crippen LogP contribution in [0.5, 0.6) is 0 Å². The second kappa shape index (κ2) is 5.05. The molecule has 2 aromatic rings. The van der Waals surface area contributed by atoms with E-state index in [9.17, 15) is 23.4 Å². The maximum atomic E-state index is 14.3. The quantitative estimate of drug-likeness (QED) is 0.649. The number of alkyl halides is 1. The molecule has 3 heterocycles. The van der Waals surface area contributed by atoms with Gasteiger partial charge in [0.25, 0.3) is 0 Å². The number of nitrogens with two attached hydrogens (primary N) is 1. The lowest BCUT2D eigenvalue weighted by Crippen LogP contribution is -2.44. The third-order valence-corrected chi connectivity index (χ3v) is 3.71. The van der Waals surface area contributed by atoms with Crippen LogP contribution in [0.15, 0.2) is 6.20 Å². The summed E-state index contributed by atoms with van der Waals surface area (Å²) < 4.78 is 47.5. The highest BCUT2D eigenvalue weighted by Crippen LogP contribution is 2.40. The number of nitrogens with zero attached hydrogens (tertiary/aromatic N) is 4. The Morgan fingerprint density at radius 2 is 2.17 bits per heavy atom. The minimum atomic E-state index is -2.23. The smallest absolute Gasteiger partial charge is 0.312 e. The van der Waals surface area contributed by atoms with E-state index in [1.807, 2.05) is 0 Å². The van der Waals surface area contributed by atoms with Crippen molar-refractivity contribution in [2.75, 3.05) is 12.3 Å². The van der Waals surface area contributed by atoms with E-state index in [4.69, 9.17) is 15.7 Å². The molecule has 0 unspecified atom stereocenters. The van der Waals surface area contributed by atoms with Gasteiger partial charge >= 0.3 is 6.08 Å². The van der Waals surface area contributed by atoms with Crippen molar-refractivity contribution < 1.29 is 28.1 Å². The summed E-state index contributed by atoms with van der Waals surface area (Å²) in [5.41, 5.74) is 2.79. The lowest BCUT2D eigenvalue weighted by Gasteiger charge is -2.21. The van der Waals surface area contributed by atoms with Gasteiger partial charge in [-0.15, -0.1) is 0 Å². The first-order valence-corrected chi connectivity index (χ1v) is 6.35. The first-order chi connectivity index (χ1) is 10.8. The van der Waals surface area contributed by atoms with Crippen LogP contribution in [0.4, 0.5) is 19.0 Å². The lowest BCUT2D eigenvalue weighted by atomic mass is 9.99. The highest BCUT2D eigenvalue weighted by atomic mass is 19.1. The Kier molecular flexibility index (Phi) is 3.40. The van der Waals surface area contributed by atoms with Crippen LogP contribution in [0.1, 0.15) is 6.23 Å². The SMILES string of the molecule is N#C[C@]1(CO)O[C@@H](n2cc(F)c3c(N)nc(F)nc32)[C@@H](F)[C@@H]1O. The molecule has 122 valence electrons. The standard InChI is InChI=1S/C12H10F3N5O3/c13-4-1-20(9-5(4)8(17)18-11(15)19-9)10-6(14)7(22)12(2-16,3-21)23-10/h1,6-7,10,21-22H,3H2,(H2,17,18,19)/t6-,7-,10+,12+/m0/s1. The van der Waals surface area contributed by atoms with Crippen molar-refractivity contribution in [3.63, 3.8) is 0 Å². The van der Waals surface area contributed by atoms with Crippen LogP contribution in [0, 0.1) is 23.2 Å². The maximum absolute atomic E-state index is 14.3. The number of rotatable bonds is 2. The van der Waals surface area contributed by atoms with Crippen molar-refractivity contribution in [3.8, 4) is 6.07 Å². The van der Waals surface area contributed by atoms with Crippen molar-refractivity contribution in [2.24, 2.45) is 0 Å². The molecule has 0 bridgehead atoms. The van der Waals surface area contributed by atoms with E-state index in [-0.39, 0.29) is 5.39 Å². The molecular weight excluding hydrogens is 319 g/mol. The van der Waals surface area contributed by atoms with Crippen LogP contribution in [-0.2, 0) is 4.74 Å². The predicted molar refractivity (Wildman–Crippen MR) is 68.3 cm³/mol. The zero-order valence-corrected chi connectivity index (χ0v) is 11.3. The topological polar surface area (TPSA) is 130 Å². The largest absolute Gasteiger partial charge is 0.392 e. The molecule has 4 atom stereocenters. The molecule has 1 fully saturated rings. The number of halogens is 3. The normalized spacial score (nSPS) is 30.7. The maximum Gasteiger partial charge on any atom is 0.312 e. The monoisotopic (exact) mass is 329 g/mol. The summed E-state index contributed by atoms with van der Waals surface area (Å²) in [6.07, 6.45) is -6.43. The highest BCUT2D eigenvalue weighted by molar-refractivity contribution is 5.86. The number of aliphatic hydroxyl groups excluding tert-OH is 2. The van der Waals surface area contributed by atoms with Gasteiger partial charge in [-0.1, -0.05) is 0 Å². The molecule has 1 aliphatic rings. The number of ether oxygens (including phenoxy) is 1. The first kappa shape index (κ1) is 15.5. The van der Waals surface area contributed by atoms with Gasteiger partial charge in [0.15, 0.2) is 23.9 Å². The number of anilines is 1.